The van der Waals surface area contributed by atoms with Crippen molar-refractivity contribution < 1.29 is 4.79 Å². The van der Waals surface area contributed by atoms with E-state index in [0.717, 1.165) is 42.5 Å². The predicted molar refractivity (Wildman–Crippen MR) is 120 cm³/mol. The SMILES string of the molecule is C=C/C=C\C(=NC)N1CCC(Nc2nnc(NC(=O)Cc3ccccc3)s2)CC1. The Labute approximate surface area is 175 Å². The van der Waals surface area contributed by atoms with E-state index in [1.54, 1.807) is 6.08 Å². The Kier molecular flexibility index (Phi) is 7.52. The molecule has 2 heterocycles. The van der Waals surface area contributed by atoms with E-state index in [2.05, 4.69) is 37.3 Å². The number of aromatic nitrogens is 2. The molecule has 7 nitrogen and oxygen atoms in total. The van der Waals surface area contributed by atoms with E-state index in [-0.39, 0.29) is 5.91 Å². The molecule has 1 fully saturated rings. The van der Waals surface area contributed by atoms with Crippen LogP contribution in [0.2, 0.25) is 0 Å². The van der Waals surface area contributed by atoms with Gasteiger partial charge in [-0.05, 0) is 24.5 Å². The molecule has 0 unspecified atom stereocenters. The van der Waals surface area contributed by atoms with E-state index in [1.165, 1.54) is 11.3 Å². The van der Waals surface area contributed by atoms with E-state index >= 15 is 0 Å². The summed E-state index contributed by atoms with van der Waals surface area (Å²) in [4.78, 5) is 18.8. The minimum atomic E-state index is -0.0915. The first-order valence-corrected chi connectivity index (χ1v) is 10.4. The number of nitrogens with zero attached hydrogens (tertiary/aromatic N) is 4. The Morgan fingerprint density at radius 1 is 1.28 bits per heavy atom. The lowest BCUT2D eigenvalue weighted by molar-refractivity contribution is -0.115. The van der Waals surface area contributed by atoms with Crippen molar-refractivity contribution in [2.75, 3.05) is 30.8 Å². The number of hydrogen-bond acceptors (Lipinski definition) is 6. The molecule has 1 aliphatic rings. The molecule has 1 saturated heterocycles. The fourth-order valence-electron chi connectivity index (χ4n) is 3.18. The third-order valence-electron chi connectivity index (χ3n) is 4.64. The highest BCUT2D eigenvalue weighted by atomic mass is 32.1. The Bertz CT molecular complexity index is 868. The van der Waals surface area contributed by atoms with Gasteiger partial charge in [0.2, 0.25) is 16.2 Å². The second-order valence-corrected chi connectivity index (χ2v) is 7.68. The lowest BCUT2D eigenvalue weighted by atomic mass is 10.1. The average molecular weight is 411 g/mol. The van der Waals surface area contributed by atoms with Crippen molar-refractivity contribution >= 4 is 33.3 Å². The average Bonchev–Trinajstić information content (AvgIpc) is 3.17. The number of carbonyl (C=O) groups is 1. The zero-order chi connectivity index (χ0) is 20.5. The second kappa shape index (κ2) is 10.5. The number of hydrogen-bond donors (Lipinski definition) is 2. The maximum atomic E-state index is 12.2. The van der Waals surface area contributed by atoms with Crippen LogP contribution in [0.1, 0.15) is 18.4 Å². The summed E-state index contributed by atoms with van der Waals surface area (Å²) in [5.74, 6) is 0.883. The molecule has 0 atom stereocenters. The smallest absolute Gasteiger partial charge is 0.230 e. The minimum absolute atomic E-state index is 0.0915. The van der Waals surface area contributed by atoms with Gasteiger partial charge in [0.15, 0.2) is 0 Å². The lowest BCUT2D eigenvalue weighted by Crippen LogP contribution is -2.41. The van der Waals surface area contributed by atoms with Crippen molar-refractivity contribution in [3.05, 3.63) is 60.7 Å². The number of carbonyl (C=O) groups excluding carboxylic acids is 1. The standard InChI is InChI=1S/C21H26N6OS/c1-3-4-10-18(22-2)27-13-11-17(12-14-27)23-20-25-26-21(29-20)24-19(28)15-16-8-6-5-7-9-16/h3-10,17H,1,11-15H2,2H3,(H,23,25)(H,24,26,28)/b10-4-,22-18?. The third kappa shape index (κ3) is 6.25. The van der Waals surface area contributed by atoms with Gasteiger partial charge >= 0.3 is 0 Å². The quantitative estimate of drug-likeness (QED) is 0.415. The van der Waals surface area contributed by atoms with Gasteiger partial charge in [-0.2, -0.15) is 0 Å². The van der Waals surface area contributed by atoms with Crippen LogP contribution >= 0.6 is 11.3 Å². The number of anilines is 2. The normalized spacial score (nSPS) is 15.5. The molecular formula is C21H26N6OS. The number of allylic oxidation sites excluding steroid dienone is 2. The molecule has 8 heteroatoms. The molecule has 0 aliphatic carbocycles. The zero-order valence-corrected chi connectivity index (χ0v) is 17.4. The van der Waals surface area contributed by atoms with Crippen LogP contribution in [0.5, 0.6) is 0 Å². The Hall–Kier alpha value is -3.00. The van der Waals surface area contributed by atoms with Crippen LogP contribution < -0.4 is 10.6 Å². The molecule has 1 aromatic heterocycles. The van der Waals surface area contributed by atoms with Crippen LogP contribution in [0.25, 0.3) is 0 Å². The fraction of sp³-hybridized carbons (Fsp3) is 0.333. The van der Waals surface area contributed by atoms with Gasteiger partial charge in [0.1, 0.15) is 5.84 Å². The van der Waals surface area contributed by atoms with Crippen LogP contribution in [-0.4, -0.2) is 53.0 Å². The lowest BCUT2D eigenvalue weighted by Gasteiger charge is -2.33. The summed E-state index contributed by atoms with van der Waals surface area (Å²) in [6.45, 7) is 5.55. The van der Waals surface area contributed by atoms with Crippen molar-refractivity contribution in [2.24, 2.45) is 4.99 Å². The van der Waals surface area contributed by atoms with Gasteiger partial charge < -0.3 is 15.5 Å². The summed E-state index contributed by atoms with van der Waals surface area (Å²) in [6.07, 6.45) is 7.93. The molecule has 152 valence electrons. The summed E-state index contributed by atoms with van der Waals surface area (Å²) >= 11 is 1.36. The summed E-state index contributed by atoms with van der Waals surface area (Å²) < 4.78 is 0. The molecule has 1 amide bonds. The Morgan fingerprint density at radius 3 is 2.69 bits per heavy atom. The number of rotatable bonds is 7. The molecule has 0 radical (unpaired) electrons. The van der Waals surface area contributed by atoms with Gasteiger partial charge in [0.25, 0.3) is 0 Å². The van der Waals surface area contributed by atoms with Crippen LogP contribution in [-0.2, 0) is 11.2 Å². The maximum Gasteiger partial charge on any atom is 0.230 e. The zero-order valence-electron chi connectivity index (χ0n) is 16.5. The summed E-state index contributed by atoms with van der Waals surface area (Å²) in [6, 6.07) is 9.97. The molecule has 0 spiro atoms. The van der Waals surface area contributed by atoms with Gasteiger partial charge in [0.05, 0.1) is 6.42 Å². The Balaban J connectivity index is 1.46. The van der Waals surface area contributed by atoms with Gasteiger partial charge in [-0.3, -0.25) is 9.79 Å². The number of likely N-dealkylation sites (tertiary alicyclic amines) is 1. The third-order valence-corrected chi connectivity index (χ3v) is 5.41. The van der Waals surface area contributed by atoms with Gasteiger partial charge in [-0.15, -0.1) is 10.2 Å². The van der Waals surface area contributed by atoms with Crippen molar-refractivity contribution in [1.29, 1.82) is 0 Å². The van der Waals surface area contributed by atoms with Crippen LogP contribution in [0.4, 0.5) is 10.3 Å². The van der Waals surface area contributed by atoms with Crippen molar-refractivity contribution in [2.45, 2.75) is 25.3 Å². The van der Waals surface area contributed by atoms with Crippen molar-refractivity contribution in [1.82, 2.24) is 15.1 Å². The minimum Gasteiger partial charge on any atom is -0.357 e. The largest absolute Gasteiger partial charge is 0.357 e. The number of aliphatic imine (C=N–C) groups is 1. The Morgan fingerprint density at radius 2 is 2.00 bits per heavy atom. The van der Waals surface area contributed by atoms with Crippen LogP contribution in [0.15, 0.2) is 60.1 Å². The highest BCUT2D eigenvalue weighted by Crippen LogP contribution is 2.23. The highest BCUT2D eigenvalue weighted by Gasteiger charge is 2.21. The molecule has 1 aliphatic heterocycles. The van der Waals surface area contributed by atoms with E-state index < -0.39 is 0 Å². The van der Waals surface area contributed by atoms with Crippen molar-refractivity contribution in [3.63, 3.8) is 0 Å². The molecule has 0 saturated carbocycles. The highest BCUT2D eigenvalue weighted by molar-refractivity contribution is 7.19. The number of benzene rings is 1. The molecular weight excluding hydrogens is 384 g/mol. The van der Waals surface area contributed by atoms with E-state index in [0.29, 0.717) is 17.6 Å². The summed E-state index contributed by atoms with van der Waals surface area (Å²) in [5.41, 5.74) is 0.970. The second-order valence-electron chi connectivity index (χ2n) is 6.71. The van der Waals surface area contributed by atoms with Crippen molar-refractivity contribution in [3.8, 4) is 0 Å². The summed E-state index contributed by atoms with van der Waals surface area (Å²) in [7, 11) is 1.81. The first kappa shape index (κ1) is 20.7. The molecule has 2 aromatic rings. The predicted octanol–water partition coefficient (Wildman–Crippen LogP) is 3.37. The number of amides is 1. The molecule has 1 aromatic carbocycles. The van der Waals surface area contributed by atoms with E-state index in [4.69, 9.17) is 0 Å². The van der Waals surface area contributed by atoms with Gasteiger partial charge in [-0.1, -0.05) is 60.4 Å². The van der Waals surface area contributed by atoms with Crippen LogP contribution in [0.3, 0.4) is 0 Å². The molecule has 3 rings (SSSR count). The van der Waals surface area contributed by atoms with E-state index in [1.807, 2.05) is 49.5 Å². The maximum absolute atomic E-state index is 12.2. The summed E-state index contributed by atoms with van der Waals surface area (Å²) in [5, 5.41) is 15.8. The molecule has 2 N–H and O–H groups in total. The monoisotopic (exact) mass is 410 g/mol. The van der Waals surface area contributed by atoms with Crippen LogP contribution in [0, 0.1) is 0 Å². The van der Waals surface area contributed by atoms with Gasteiger partial charge in [0, 0.05) is 26.2 Å². The first-order chi connectivity index (χ1) is 14.2. The first-order valence-electron chi connectivity index (χ1n) is 9.62. The fourth-order valence-corrected chi connectivity index (χ4v) is 3.92. The topological polar surface area (TPSA) is 82.5 Å². The molecule has 0 bridgehead atoms. The van der Waals surface area contributed by atoms with E-state index in [9.17, 15) is 4.79 Å². The number of nitrogens with one attached hydrogen (secondary N) is 2. The number of piperidine rings is 1. The molecule has 29 heavy (non-hydrogen) atoms. The van der Waals surface area contributed by atoms with Gasteiger partial charge in [-0.25, -0.2) is 0 Å². The number of amidine groups is 1.